The van der Waals surface area contributed by atoms with Gasteiger partial charge in [0.25, 0.3) is 0 Å². The van der Waals surface area contributed by atoms with Gasteiger partial charge in [0.15, 0.2) is 0 Å². The maximum Gasteiger partial charge on any atom is 0.416 e. The number of likely N-dealkylation sites (tertiary alicyclic amines) is 4. The number of likely N-dealkylation sites (N-methyl/N-ethyl adjacent to an activating group) is 3. The fourth-order valence-electron chi connectivity index (χ4n) is 13.1. The topological polar surface area (TPSA) is 296 Å². The van der Waals surface area contributed by atoms with Crippen molar-refractivity contribution in [1.29, 1.82) is 0 Å². The highest BCUT2D eigenvalue weighted by Crippen LogP contribution is 2.40. The average Bonchev–Trinajstić information content (AvgIpc) is 1.62. The smallest absolute Gasteiger partial charge is 0.416 e. The number of nitrogens with zero attached hydrogens (tertiary/aromatic N) is 6. The minimum atomic E-state index is -0.894. The molecule has 2 aliphatic carbocycles. The molecule has 6 fully saturated rings. The van der Waals surface area contributed by atoms with Crippen LogP contribution < -0.4 is 16.4 Å². The van der Waals surface area contributed by atoms with Gasteiger partial charge in [0.2, 0.25) is 23.6 Å². The van der Waals surface area contributed by atoms with E-state index in [9.17, 15) is 47.9 Å². The SMILES string of the molecule is CNC(C)C(=O)N(C)C(=O)OC(C)(C)C.COC(=O)[C@H]1CN(C(=O)OCc2ccccc2)[C@@H]2CCN(C(=O)[C@@H](N)C3CCCCC3)[C@H]12.COC(=O)[C@H]1CN(C(=O)OCc2ccccc2)[C@@H]2CCN(C(=O)[C@@H](NC(=O)[C@H](C)N(C)C(=O)OC(C)(C)C)C3CCCCC3)[C@H]12. The van der Waals surface area contributed by atoms with Gasteiger partial charge < -0.3 is 64.4 Å². The number of esters is 2. The van der Waals surface area contributed by atoms with Gasteiger partial charge in [-0.3, -0.25) is 33.7 Å². The second-order valence-corrected chi connectivity index (χ2v) is 26.9. The summed E-state index contributed by atoms with van der Waals surface area (Å²) in [5, 5.41) is 5.74. The molecule has 8 amide bonds. The second-order valence-electron chi connectivity index (χ2n) is 26.9. The van der Waals surface area contributed by atoms with Crippen LogP contribution in [0.4, 0.5) is 19.2 Å². The van der Waals surface area contributed by atoms with Crippen LogP contribution >= 0.6 is 0 Å². The Bertz CT molecular complexity index is 2840. The number of amides is 8. The number of hydrogen-bond acceptors (Lipinski definition) is 18. The van der Waals surface area contributed by atoms with Gasteiger partial charge in [-0.2, -0.15) is 0 Å². The fourth-order valence-corrected chi connectivity index (χ4v) is 13.1. The van der Waals surface area contributed by atoms with E-state index in [1.165, 1.54) is 44.5 Å². The highest BCUT2D eigenvalue weighted by molar-refractivity contribution is 5.95. The molecular weight excluding hydrogens is 1190 g/mol. The summed E-state index contributed by atoms with van der Waals surface area (Å²) in [6.45, 7) is 15.1. The Morgan fingerprint density at radius 3 is 1.40 bits per heavy atom. The summed E-state index contributed by atoms with van der Waals surface area (Å²) < 4.78 is 31.7. The number of rotatable bonds is 15. The van der Waals surface area contributed by atoms with E-state index < -0.39 is 108 Å². The number of carbonyl (C=O) groups is 10. The molecule has 0 aromatic heterocycles. The molecule has 0 spiro atoms. The van der Waals surface area contributed by atoms with Crippen molar-refractivity contribution in [2.24, 2.45) is 29.4 Å². The largest absolute Gasteiger partial charge is 0.469 e. The second kappa shape index (κ2) is 33.3. The minimum absolute atomic E-state index is 0.0670. The van der Waals surface area contributed by atoms with Crippen molar-refractivity contribution < 1.29 is 76.4 Å². The number of imide groups is 1. The molecule has 92 heavy (non-hydrogen) atoms. The van der Waals surface area contributed by atoms with E-state index in [1.54, 1.807) is 77.1 Å². The molecule has 0 bridgehead atoms. The van der Waals surface area contributed by atoms with Crippen LogP contribution in [0, 0.1) is 23.7 Å². The van der Waals surface area contributed by atoms with Gasteiger partial charge in [-0.1, -0.05) is 99.2 Å². The first-order valence-electron chi connectivity index (χ1n) is 32.4. The Hall–Kier alpha value is -7.54. The van der Waals surface area contributed by atoms with Gasteiger partial charge >= 0.3 is 36.3 Å². The first-order valence-corrected chi connectivity index (χ1v) is 32.4. The molecule has 1 unspecified atom stereocenters. The van der Waals surface area contributed by atoms with E-state index >= 15 is 0 Å². The zero-order valence-corrected chi connectivity index (χ0v) is 56.2. The summed E-state index contributed by atoms with van der Waals surface area (Å²) in [4.78, 5) is 137. The van der Waals surface area contributed by atoms with Gasteiger partial charge in [0.1, 0.15) is 36.5 Å². The fraction of sp³-hybridized carbons (Fsp3) is 0.672. The summed E-state index contributed by atoms with van der Waals surface area (Å²) in [7, 11) is 7.19. The predicted molar refractivity (Wildman–Crippen MR) is 340 cm³/mol. The Balaban J connectivity index is 0.000000248. The van der Waals surface area contributed by atoms with E-state index in [2.05, 4.69) is 10.6 Å². The van der Waals surface area contributed by atoms with Crippen molar-refractivity contribution in [3.63, 3.8) is 0 Å². The predicted octanol–water partition coefficient (Wildman–Crippen LogP) is 7.01. The molecule has 4 N–H and O–H groups in total. The zero-order valence-electron chi connectivity index (χ0n) is 56.2. The average molecular weight is 1290 g/mol. The van der Waals surface area contributed by atoms with Crippen molar-refractivity contribution >= 4 is 59.9 Å². The number of hydrogen-bond donors (Lipinski definition) is 3. The number of fused-ring (bicyclic) bond motifs is 2. The van der Waals surface area contributed by atoms with Crippen LogP contribution in [0.1, 0.15) is 144 Å². The molecule has 0 radical (unpaired) electrons. The van der Waals surface area contributed by atoms with Crippen LogP contribution in [0.2, 0.25) is 0 Å². The molecule has 2 aromatic rings. The Morgan fingerprint density at radius 1 is 0.576 bits per heavy atom. The number of nitrogens with two attached hydrogens (primary N) is 1. The quantitative estimate of drug-likeness (QED) is 0.119. The molecule has 4 saturated heterocycles. The van der Waals surface area contributed by atoms with E-state index in [4.69, 9.17) is 34.2 Å². The lowest BCUT2D eigenvalue weighted by Gasteiger charge is -2.36. The molecule has 25 nitrogen and oxygen atoms in total. The van der Waals surface area contributed by atoms with E-state index in [1.807, 2.05) is 60.7 Å². The minimum Gasteiger partial charge on any atom is -0.469 e. The van der Waals surface area contributed by atoms with Crippen LogP contribution in [0.5, 0.6) is 0 Å². The first kappa shape index (κ1) is 73.5. The maximum absolute atomic E-state index is 14.4. The summed E-state index contributed by atoms with van der Waals surface area (Å²) in [5.41, 5.74) is 6.82. The number of methoxy groups -OCH3 is 2. The van der Waals surface area contributed by atoms with Crippen LogP contribution in [0.3, 0.4) is 0 Å². The molecule has 2 aromatic carbocycles. The molecule has 2 saturated carbocycles. The number of benzene rings is 2. The van der Waals surface area contributed by atoms with Crippen LogP contribution in [-0.4, -0.2) is 210 Å². The third kappa shape index (κ3) is 19.3. The molecule has 4 heterocycles. The summed E-state index contributed by atoms with van der Waals surface area (Å²) in [5.74, 6) is -3.37. The normalized spacial score (nSPS) is 22.6. The van der Waals surface area contributed by atoms with Crippen molar-refractivity contribution in [2.45, 2.75) is 205 Å². The van der Waals surface area contributed by atoms with E-state index in [-0.39, 0.29) is 61.9 Å². The highest BCUT2D eigenvalue weighted by Gasteiger charge is 2.58. The van der Waals surface area contributed by atoms with Crippen molar-refractivity contribution in [3.8, 4) is 0 Å². The number of ether oxygens (including phenoxy) is 6. The van der Waals surface area contributed by atoms with Crippen LogP contribution in [0.25, 0.3) is 0 Å². The number of nitrogens with one attached hydrogen (secondary N) is 2. The monoisotopic (exact) mass is 1290 g/mol. The Labute approximate surface area is 542 Å². The van der Waals surface area contributed by atoms with Crippen LogP contribution in [0.15, 0.2) is 60.7 Å². The lowest BCUT2D eigenvalue weighted by atomic mass is 9.83. The molecule has 8 rings (SSSR count). The molecule has 6 aliphatic rings. The molecule has 25 heteroatoms. The van der Waals surface area contributed by atoms with Crippen molar-refractivity contribution in [3.05, 3.63) is 71.8 Å². The summed E-state index contributed by atoms with van der Waals surface area (Å²) in [6, 6.07) is 14.3. The molecular formula is C67H101N9O16. The number of carbonyl (C=O) groups excluding carboxylic acids is 10. The zero-order chi connectivity index (χ0) is 67.8. The van der Waals surface area contributed by atoms with Gasteiger partial charge in [0.05, 0.1) is 62.3 Å². The first-order chi connectivity index (χ1) is 43.5. The third-order valence-electron chi connectivity index (χ3n) is 18.3. The lowest BCUT2D eigenvalue weighted by Crippen LogP contribution is -2.58. The van der Waals surface area contributed by atoms with Gasteiger partial charge in [-0.05, 0) is 124 Å². The summed E-state index contributed by atoms with van der Waals surface area (Å²) >= 11 is 0. The van der Waals surface area contributed by atoms with Crippen molar-refractivity contribution in [2.75, 3.05) is 61.5 Å². The van der Waals surface area contributed by atoms with Crippen LogP contribution in [-0.2, 0) is 70.4 Å². The summed E-state index contributed by atoms with van der Waals surface area (Å²) in [6.07, 6.45) is 8.58. The highest BCUT2D eigenvalue weighted by atomic mass is 16.6. The molecule has 10 atom stereocenters. The molecule has 4 aliphatic heterocycles. The van der Waals surface area contributed by atoms with E-state index in [0.717, 1.165) is 73.8 Å². The van der Waals surface area contributed by atoms with E-state index in [0.29, 0.717) is 25.9 Å². The van der Waals surface area contributed by atoms with Gasteiger partial charge in [-0.25, -0.2) is 24.1 Å². The lowest BCUT2D eigenvalue weighted by molar-refractivity contribution is -0.150. The third-order valence-corrected chi connectivity index (χ3v) is 18.3. The Kier molecular flexibility index (Phi) is 26.6. The van der Waals surface area contributed by atoms with Gasteiger partial charge in [0, 0.05) is 40.3 Å². The van der Waals surface area contributed by atoms with Crippen molar-refractivity contribution in [1.82, 2.24) is 40.0 Å². The molecule has 510 valence electrons. The van der Waals surface area contributed by atoms with Gasteiger partial charge in [-0.15, -0.1) is 0 Å². The standard InChI is InChI=1S/C33H48N4O8.C24H33N3O5.C10H20N2O3/c1-21(35(5)31(41)45-33(2,3)4)28(38)34-26(23-15-11-8-12-16-23)29(39)36-18-17-25-27(36)24(30(40)43-6)19-37(25)32(42)44-20-22-13-9-7-10-14-22;1-31-23(29)18-14-27(24(30)32-15-16-8-4-2-5-9-16)19-12-13-26(21(18)19)22(28)20(25)17-10-6-3-7-11-17;1-7(11-5)8(13)12(6)9(14)15-10(2,3)4/h7,9-10,13-14,21,23-27H,8,11-12,15-20H2,1-6H3,(H,34,38);2,4-5,8-9,17-21H,3,6-7,10-15,25H2,1H3;7,11H,1-6H3/t21-,24-,25+,26-,27+;18-,19+,20-,21+;/m00./s1. The Morgan fingerprint density at radius 2 is 0.989 bits per heavy atom. The maximum atomic E-state index is 14.4.